The molecule has 4 heteroatoms. The monoisotopic (exact) mass is 254 g/mol. The minimum absolute atomic E-state index is 0.0766. The molecule has 1 N–H and O–H groups in total. The second kappa shape index (κ2) is 5.34. The molecule has 0 fully saturated rings. The quantitative estimate of drug-likeness (QED) is 0.909. The molecule has 1 unspecified atom stereocenters. The summed E-state index contributed by atoms with van der Waals surface area (Å²) < 4.78 is 18.7. The first-order valence-corrected chi connectivity index (χ1v) is 5.68. The van der Waals surface area contributed by atoms with Gasteiger partial charge in [0.2, 0.25) is 0 Å². The lowest BCUT2D eigenvalue weighted by Crippen LogP contribution is -2.14. The van der Waals surface area contributed by atoms with Crippen LogP contribution in [0.3, 0.4) is 0 Å². The molecule has 0 spiro atoms. The maximum Gasteiger partial charge on any atom is 0.145 e. The number of aliphatic hydroxyl groups excluding tert-OH is 1. The van der Waals surface area contributed by atoms with E-state index in [1.54, 1.807) is 30.5 Å². The summed E-state index contributed by atoms with van der Waals surface area (Å²) in [5, 5.41) is 9.90. The van der Waals surface area contributed by atoms with Crippen molar-refractivity contribution < 1.29 is 13.9 Å². The van der Waals surface area contributed by atoms with Gasteiger partial charge in [0.05, 0.1) is 17.4 Å². The van der Waals surface area contributed by atoms with E-state index < -0.39 is 11.9 Å². The summed E-state index contributed by atoms with van der Waals surface area (Å²) in [6, 6.07) is 8.30. The fourth-order valence-corrected chi connectivity index (χ4v) is 1.89. The number of aliphatic hydroxyl groups is 1. The number of furan rings is 1. The third-order valence-electron chi connectivity index (χ3n) is 2.50. The molecule has 0 amide bonds. The van der Waals surface area contributed by atoms with E-state index in [4.69, 9.17) is 16.0 Å². The fraction of sp³-hybridized carbons (Fsp3) is 0.231. The lowest BCUT2D eigenvalue weighted by molar-refractivity contribution is 0.166. The molecule has 1 aromatic carbocycles. The highest BCUT2D eigenvalue weighted by atomic mass is 35.5. The zero-order chi connectivity index (χ0) is 12.3. The van der Waals surface area contributed by atoms with Crippen molar-refractivity contribution in [1.82, 2.24) is 0 Å². The van der Waals surface area contributed by atoms with E-state index in [1.165, 1.54) is 6.07 Å². The van der Waals surface area contributed by atoms with Crippen LogP contribution in [0.15, 0.2) is 41.0 Å². The lowest BCUT2D eigenvalue weighted by Gasteiger charge is -2.10. The van der Waals surface area contributed by atoms with Gasteiger partial charge >= 0.3 is 0 Å². The Morgan fingerprint density at radius 3 is 2.76 bits per heavy atom. The van der Waals surface area contributed by atoms with Crippen molar-refractivity contribution in [2.45, 2.75) is 18.9 Å². The molecule has 1 heterocycles. The summed E-state index contributed by atoms with van der Waals surface area (Å²) in [6.45, 7) is 0. The normalized spacial score (nSPS) is 12.6. The maximum atomic E-state index is 13.6. The van der Waals surface area contributed by atoms with Crippen molar-refractivity contribution in [3.05, 3.63) is 58.8 Å². The Bertz CT molecular complexity index is 482. The Morgan fingerprint density at radius 1 is 1.24 bits per heavy atom. The molecule has 0 saturated carbocycles. The topological polar surface area (TPSA) is 33.4 Å². The van der Waals surface area contributed by atoms with Crippen LogP contribution in [-0.4, -0.2) is 11.2 Å². The molecule has 0 aliphatic rings. The van der Waals surface area contributed by atoms with E-state index in [-0.39, 0.29) is 11.4 Å². The van der Waals surface area contributed by atoms with Gasteiger partial charge < -0.3 is 9.52 Å². The lowest BCUT2D eigenvalue weighted by atomic mass is 10.0. The summed E-state index contributed by atoms with van der Waals surface area (Å²) >= 11 is 5.66. The number of halogens is 2. The largest absolute Gasteiger partial charge is 0.469 e. The minimum atomic E-state index is -0.686. The zero-order valence-electron chi connectivity index (χ0n) is 9.07. The summed E-state index contributed by atoms with van der Waals surface area (Å²) in [5.74, 6) is 0.215. The molecule has 0 saturated heterocycles. The van der Waals surface area contributed by atoms with E-state index in [0.29, 0.717) is 17.7 Å². The smallest absolute Gasteiger partial charge is 0.145 e. The van der Waals surface area contributed by atoms with Crippen molar-refractivity contribution in [3.63, 3.8) is 0 Å². The van der Waals surface area contributed by atoms with Gasteiger partial charge in [-0.1, -0.05) is 23.7 Å². The van der Waals surface area contributed by atoms with Gasteiger partial charge in [-0.3, -0.25) is 0 Å². The Morgan fingerprint density at radius 2 is 2.06 bits per heavy atom. The first-order valence-electron chi connectivity index (χ1n) is 5.30. The SMILES string of the molecule is OC(Cc1ccco1)Cc1cccc(Cl)c1F. The van der Waals surface area contributed by atoms with Gasteiger partial charge in [-0.2, -0.15) is 0 Å². The van der Waals surface area contributed by atoms with Gasteiger partial charge in [-0.05, 0) is 23.8 Å². The van der Waals surface area contributed by atoms with Crippen LogP contribution in [0.1, 0.15) is 11.3 Å². The first-order chi connectivity index (χ1) is 8.16. The maximum absolute atomic E-state index is 13.6. The van der Waals surface area contributed by atoms with Gasteiger partial charge in [0, 0.05) is 12.8 Å². The van der Waals surface area contributed by atoms with Crippen LogP contribution in [0.2, 0.25) is 5.02 Å². The minimum Gasteiger partial charge on any atom is -0.469 e. The Labute approximate surface area is 104 Å². The van der Waals surface area contributed by atoms with Gasteiger partial charge in [0.1, 0.15) is 11.6 Å². The standard InChI is InChI=1S/C13H12ClFO2/c14-12-5-1-3-9(13(12)15)7-10(16)8-11-4-2-6-17-11/h1-6,10,16H,7-8H2. The molecule has 0 radical (unpaired) electrons. The zero-order valence-corrected chi connectivity index (χ0v) is 9.82. The average Bonchev–Trinajstić information content (AvgIpc) is 2.77. The number of benzene rings is 1. The van der Waals surface area contributed by atoms with E-state index >= 15 is 0 Å². The van der Waals surface area contributed by atoms with Crippen molar-refractivity contribution in [1.29, 1.82) is 0 Å². The average molecular weight is 255 g/mol. The van der Waals surface area contributed by atoms with Gasteiger partial charge in [-0.15, -0.1) is 0 Å². The number of hydrogen-bond donors (Lipinski definition) is 1. The van der Waals surface area contributed by atoms with Crippen molar-refractivity contribution >= 4 is 11.6 Å². The highest BCUT2D eigenvalue weighted by molar-refractivity contribution is 6.30. The molecule has 0 aliphatic carbocycles. The van der Waals surface area contributed by atoms with Crippen LogP contribution in [0, 0.1) is 5.82 Å². The molecule has 0 bridgehead atoms. The van der Waals surface area contributed by atoms with E-state index in [1.807, 2.05) is 0 Å². The van der Waals surface area contributed by atoms with Gasteiger partial charge in [0.25, 0.3) is 0 Å². The van der Waals surface area contributed by atoms with Crippen molar-refractivity contribution in [2.75, 3.05) is 0 Å². The molecule has 0 aliphatic heterocycles. The number of rotatable bonds is 4. The third kappa shape index (κ3) is 3.08. The molecule has 17 heavy (non-hydrogen) atoms. The van der Waals surface area contributed by atoms with Crippen LogP contribution in [0.25, 0.3) is 0 Å². The fourth-order valence-electron chi connectivity index (χ4n) is 1.69. The second-order valence-electron chi connectivity index (χ2n) is 3.85. The first kappa shape index (κ1) is 12.1. The number of hydrogen-bond acceptors (Lipinski definition) is 2. The molecule has 2 nitrogen and oxygen atoms in total. The van der Waals surface area contributed by atoms with Crippen LogP contribution >= 0.6 is 11.6 Å². The van der Waals surface area contributed by atoms with Crippen LogP contribution in [-0.2, 0) is 12.8 Å². The molecule has 1 aromatic heterocycles. The molecule has 90 valence electrons. The van der Waals surface area contributed by atoms with E-state index in [0.717, 1.165) is 0 Å². The molecular weight excluding hydrogens is 243 g/mol. The molecule has 1 atom stereocenters. The van der Waals surface area contributed by atoms with Crippen molar-refractivity contribution in [2.24, 2.45) is 0 Å². The second-order valence-corrected chi connectivity index (χ2v) is 4.26. The van der Waals surface area contributed by atoms with E-state index in [9.17, 15) is 9.50 Å². The summed E-state index contributed by atoms with van der Waals surface area (Å²) in [6.07, 6.45) is 1.43. The highest BCUT2D eigenvalue weighted by Crippen LogP contribution is 2.19. The highest BCUT2D eigenvalue weighted by Gasteiger charge is 2.13. The van der Waals surface area contributed by atoms with Gasteiger partial charge in [-0.25, -0.2) is 4.39 Å². The summed E-state index contributed by atoms with van der Waals surface area (Å²) in [7, 11) is 0. The van der Waals surface area contributed by atoms with E-state index in [2.05, 4.69) is 0 Å². The van der Waals surface area contributed by atoms with Crippen LogP contribution < -0.4 is 0 Å². The molecule has 2 aromatic rings. The predicted octanol–water partition coefficient (Wildman–Crippen LogP) is 3.22. The summed E-state index contributed by atoms with van der Waals surface area (Å²) in [5.41, 5.74) is 0.413. The summed E-state index contributed by atoms with van der Waals surface area (Å²) in [4.78, 5) is 0. The Kier molecular flexibility index (Phi) is 3.82. The molecular formula is C13H12ClFO2. The van der Waals surface area contributed by atoms with Crippen LogP contribution in [0.4, 0.5) is 4.39 Å². The third-order valence-corrected chi connectivity index (χ3v) is 2.80. The Hall–Kier alpha value is -1.32. The van der Waals surface area contributed by atoms with Crippen LogP contribution in [0.5, 0.6) is 0 Å². The predicted molar refractivity (Wildman–Crippen MR) is 63.5 cm³/mol. The Balaban J connectivity index is 2.03. The van der Waals surface area contributed by atoms with Gasteiger partial charge in [0.15, 0.2) is 0 Å². The van der Waals surface area contributed by atoms with Crippen molar-refractivity contribution in [3.8, 4) is 0 Å². The molecule has 2 rings (SSSR count).